The third-order valence-corrected chi connectivity index (χ3v) is 8.89. The van der Waals surface area contributed by atoms with Crippen LogP contribution >= 0.6 is 0 Å². The first-order valence-corrected chi connectivity index (χ1v) is 16.1. The van der Waals surface area contributed by atoms with Crippen molar-refractivity contribution < 1.29 is 9.53 Å². The molecule has 1 unspecified atom stereocenters. The summed E-state index contributed by atoms with van der Waals surface area (Å²) in [7, 11) is 0. The number of hydrogen-bond donors (Lipinski definition) is 1. The molecule has 4 aromatic rings. The van der Waals surface area contributed by atoms with Crippen LogP contribution in [0.3, 0.4) is 0 Å². The van der Waals surface area contributed by atoms with Gasteiger partial charge in [0.2, 0.25) is 17.7 Å². The van der Waals surface area contributed by atoms with Gasteiger partial charge in [0.15, 0.2) is 5.82 Å². The molecule has 13 heteroatoms. The first-order chi connectivity index (χ1) is 23.1. The maximum Gasteiger partial charge on any atom is 0.225 e. The first kappa shape index (κ1) is 30.5. The highest BCUT2D eigenvalue weighted by Crippen LogP contribution is 2.31. The number of hydrogen-bond acceptors (Lipinski definition) is 11. The minimum absolute atomic E-state index is 0.145. The monoisotopic (exact) mass is 631 g/mol. The van der Waals surface area contributed by atoms with E-state index in [0.29, 0.717) is 50.0 Å². The van der Waals surface area contributed by atoms with Crippen molar-refractivity contribution in [3.8, 4) is 17.2 Å². The largest absolute Gasteiger partial charge is 0.373 e. The average molecular weight is 632 g/mol. The number of rotatable bonds is 8. The fraction of sp³-hybridized carbons (Fsp3) is 0.382. The van der Waals surface area contributed by atoms with Gasteiger partial charge in [-0.3, -0.25) is 9.69 Å². The number of piperazine rings is 1. The fourth-order valence-corrected chi connectivity index (χ4v) is 6.24. The van der Waals surface area contributed by atoms with Gasteiger partial charge in [0.05, 0.1) is 36.9 Å². The van der Waals surface area contributed by atoms with Crippen LogP contribution in [0.25, 0.3) is 11.1 Å². The number of morpholine rings is 1. The SMILES string of the molecule is CCC(=O)N1CCN(Cc2ccc(-c3cnc(N4CCO[C@H](Cn5nnc6c5NC(c5cccc(C#N)c5)C=N6)C4)nc3)cc2)CC1. The van der Waals surface area contributed by atoms with E-state index in [1.165, 1.54) is 5.56 Å². The normalized spacial score (nSPS) is 19.6. The highest BCUT2D eigenvalue weighted by Gasteiger charge is 2.27. The van der Waals surface area contributed by atoms with Gasteiger partial charge in [0, 0.05) is 76.4 Å². The van der Waals surface area contributed by atoms with Crippen LogP contribution < -0.4 is 10.2 Å². The molecule has 240 valence electrons. The Balaban J connectivity index is 0.944. The van der Waals surface area contributed by atoms with Gasteiger partial charge in [-0.25, -0.2) is 19.6 Å². The smallest absolute Gasteiger partial charge is 0.225 e. The number of nitrogens with one attached hydrogen (secondary N) is 1. The molecule has 3 aliphatic rings. The van der Waals surface area contributed by atoms with Crippen molar-refractivity contribution in [1.82, 2.24) is 34.8 Å². The highest BCUT2D eigenvalue weighted by atomic mass is 16.5. The second-order valence-corrected chi connectivity index (χ2v) is 12.0. The molecule has 0 saturated carbocycles. The molecule has 0 spiro atoms. The molecule has 1 amide bonds. The third kappa shape index (κ3) is 6.84. The Bertz CT molecular complexity index is 1770. The zero-order valence-corrected chi connectivity index (χ0v) is 26.4. The summed E-state index contributed by atoms with van der Waals surface area (Å²) < 4.78 is 7.90. The maximum absolute atomic E-state index is 12.0. The zero-order valence-electron chi connectivity index (χ0n) is 26.4. The first-order valence-electron chi connectivity index (χ1n) is 16.1. The zero-order chi connectivity index (χ0) is 32.2. The van der Waals surface area contributed by atoms with Crippen molar-refractivity contribution >= 4 is 29.7 Å². The van der Waals surface area contributed by atoms with E-state index < -0.39 is 0 Å². The van der Waals surface area contributed by atoms with E-state index >= 15 is 0 Å². The summed E-state index contributed by atoms with van der Waals surface area (Å²) in [5.41, 5.74) is 4.83. The van der Waals surface area contributed by atoms with Crippen LogP contribution in [-0.2, 0) is 22.6 Å². The molecular weight excluding hydrogens is 594 g/mol. The van der Waals surface area contributed by atoms with E-state index in [9.17, 15) is 10.1 Å². The van der Waals surface area contributed by atoms with Crippen LogP contribution in [0.1, 0.15) is 36.1 Å². The maximum atomic E-state index is 12.0. The van der Waals surface area contributed by atoms with E-state index in [2.05, 4.69) is 60.8 Å². The number of nitriles is 1. The predicted molar refractivity (Wildman–Crippen MR) is 177 cm³/mol. The van der Waals surface area contributed by atoms with Crippen LogP contribution in [0.4, 0.5) is 17.6 Å². The molecule has 2 aromatic carbocycles. The summed E-state index contributed by atoms with van der Waals surface area (Å²) in [6, 6.07) is 18.0. The number of anilines is 2. The number of fused-ring (bicyclic) bond motifs is 1. The van der Waals surface area contributed by atoms with Gasteiger partial charge in [-0.15, -0.1) is 5.10 Å². The minimum Gasteiger partial charge on any atom is -0.373 e. The third-order valence-electron chi connectivity index (χ3n) is 8.89. The van der Waals surface area contributed by atoms with Crippen molar-refractivity contribution in [3.63, 3.8) is 0 Å². The van der Waals surface area contributed by atoms with Crippen LogP contribution in [0, 0.1) is 11.3 Å². The average Bonchev–Trinajstić information content (AvgIpc) is 3.53. The van der Waals surface area contributed by atoms with Gasteiger partial charge in [-0.1, -0.05) is 48.5 Å². The summed E-state index contributed by atoms with van der Waals surface area (Å²) in [6.45, 7) is 8.54. The van der Waals surface area contributed by atoms with Crippen molar-refractivity contribution in [2.45, 2.75) is 38.6 Å². The Hall–Kier alpha value is -5.19. The van der Waals surface area contributed by atoms with E-state index in [4.69, 9.17) is 14.7 Å². The lowest BCUT2D eigenvalue weighted by atomic mass is 10.0. The lowest BCUT2D eigenvalue weighted by Crippen LogP contribution is -2.48. The molecule has 3 aliphatic heterocycles. The predicted octanol–water partition coefficient (Wildman–Crippen LogP) is 3.44. The van der Waals surface area contributed by atoms with Crippen molar-refractivity contribution in [1.29, 1.82) is 5.26 Å². The Morgan fingerprint density at radius 1 is 1.04 bits per heavy atom. The number of ether oxygens (including phenoxy) is 1. The Morgan fingerprint density at radius 3 is 2.62 bits per heavy atom. The van der Waals surface area contributed by atoms with E-state index in [1.807, 2.05) is 42.4 Å². The molecule has 2 atom stereocenters. The number of amides is 1. The van der Waals surface area contributed by atoms with Gasteiger partial charge in [-0.05, 0) is 28.8 Å². The molecule has 7 rings (SSSR count). The van der Waals surface area contributed by atoms with E-state index in [-0.39, 0.29) is 18.1 Å². The lowest BCUT2D eigenvalue weighted by Gasteiger charge is -2.34. The number of aliphatic imine (C=N–C) groups is 1. The van der Waals surface area contributed by atoms with Crippen LogP contribution in [0.5, 0.6) is 0 Å². The summed E-state index contributed by atoms with van der Waals surface area (Å²) >= 11 is 0. The minimum atomic E-state index is -0.195. The fourth-order valence-electron chi connectivity index (χ4n) is 6.24. The van der Waals surface area contributed by atoms with Crippen LogP contribution in [0.2, 0.25) is 0 Å². The van der Waals surface area contributed by atoms with Gasteiger partial charge in [-0.2, -0.15) is 5.26 Å². The summed E-state index contributed by atoms with van der Waals surface area (Å²) in [5.74, 6) is 2.16. The Labute approximate surface area is 273 Å². The molecular formula is C34H37N11O2. The molecule has 47 heavy (non-hydrogen) atoms. The number of benzene rings is 2. The topological polar surface area (TPSA) is 141 Å². The number of carbonyl (C=O) groups is 1. The van der Waals surface area contributed by atoms with Gasteiger partial charge in [0.1, 0.15) is 0 Å². The van der Waals surface area contributed by atoms with Crippen LogP contribution in [-0.4, -0.2) is 98.9 Å². The van der Waals surface area contributed by atoms with Gasteiger partial charge in [0.25, 0.3) is 0 Å². The highest BCUT2D eigenvalue weighted by molar-refractivity contribution is 5.81. The van der Waals surface area contributed by atoms with Gasteiger partial charge < -0.3 is 19.9 Å². The number of aromatic nitrogens is 5. The molecule has 2 saturated heterocycles. The van der Waals surface area contributed by atoms with Crippen molar-refractivity contribution in [2.75, 3.05) is 56.1 Å². The summed E-state index contributed by atoms with van der Waals surface area (Å²) in [4.78, 5) is 32.4. The molecule has 0 radical (unpaired) electrons. The molecule has 0 bridgehead atoms. The second kappa shape index (κ2) is 13.7. The number of nitrogens with zero attached hydrogens (tertiary/aromatic N) is 10. The molecule has 0 aliphatic carbocycles. The molecule has 1 N–H and O–H groups in total. The second-order valence-electron chi connectivity index (χ2n) is 12.0. The molecule has 13 nitrogen and oxygen atoms in total. The Morgan fingerprint density at radius 2 is 1.85 bits per heavy atom. The quantitative estimate of drug-likeness (QED) is 0.308. The number of carbonyl (C=O) groups excluding carboxylic acids is 1. The Kier molecular flexibility index (Phi) is 8.85. The molecule has 2 aromatic heterocycles. The summed E-state index contributed by atoms with van der Waals surface area (Å²) in [5, 5.41) is 21.3. The van der Waals surface area contributed by atoms with E-state index in [0.717, 1.165) is 55.2 Å². The summed E-state index contributed by atoms with van der Waals surface area (Å²) in [6.07, 6.45) is 5.97. The van der Waals surface area contributed by atoms with Crippen molar-refractivity contribution in [2.24, 2.45) is 4.99 Å². The standard InChI is InChI=1S/C34H37N11O2/c1-2-31(46)43-12-10-42(11-13-43)21-24-6-8-26(9-7-24)28-18-37-34(38-19-28)44-14-15-47-29(22-44)23-45-33-32(40-41-45)36-20-30(39-33)27-5-3-4-25(16-27)17-35/h3-9,16,18-20,29-30,39H,2,10-15,21-23H2,1H3/t29-,30?/m0/s1. The van der Waals surface area contributed by atoms with Crippen LogP contribution in [0.15, 0.2) is 65.9 Å². The van der Waals surface area contributed by atoms with E-state index in [1.54, 1.807) is 17.0 Å². The van der Waals surface area contributed by atoms with Crippen molar-refractivity contribution in [3.05, 3.63) is 77.6 Å². The molecule has 2 fully saturated rings. The lowest BCUT2D eigenvalue weighted by molar-refractivity contribution is -0.132. The molecule has 5 heterocycles. The van der Waals surface area contributed by atoms with Gasteiger partial charge >= 0.3 is 0 Å².